The quantitative estimate of drug-likeness (QED) is 0.435. The monoisotopic (exact) mass is 587 g/mol. The zero-order valence-corrected chi connectivity index (χ0v) is 24.7. The molecule has 1 saturated carbocycles. The molecule has 2 amide bonds. The molecule has 228 valence electrons. The summed E-state index contributed by atoms with van der Waals surface area (Å²) in [6, 6.07) is 17.4. The van der Waals surface area contributed by atoms with Gasteiger partial charge in [-0.05, 0) is 30.5 Å². The first-order valence-corrected chi connectivity index (χ1v) is 15.6. The predicted octanol–water partition coefficient (Wildman–Crippen LogP) is 3.15. The van der Waals surface area contributed by atoms with Gasteiger partial charge >= 0.3 is 5.69 Å². The average molecular weight is 588 g/mol. The number of imidazole rings is 1. The van der Waals surface area contributed by atoms with E-state index in [2.05, 4.69) is 5.32 Å². The van der Waals surface area contributed by atoms with Gasteiger partial charge in [0.2, 0.25) is 0 Å². The van der Waals surface area contributed by atoms with E-state index in [1.165, 1.54) is 6.42 Å². The second-order valence-electron chi connectivity index (χ2n) is 11.6. The molecule has 6 rings (SSSR count). The third kappa shape index (κ3) is 6.55. The fourth-order valence-corrected chi connectivity index (χ4v) is 6.46. The Balaban J connectivity index is 1.36. The minimum atomic E-state index is -0.155. The van der Waals surface area contributed by atoms with E-state index in [1.54, 1.807) is 9.47 Å². The van der Waals surface area contributed by atoms with Gasteiger partial charge in [0.1, 0.15) is 11.4 Å². The molecule has 3 aliphatic rings. The number of amides is 2. The minimum absolute atomic E-state index is 0.0492. The number of nitrogens with zero attached hydrogens (tertiary/aromatic N) is 4. The van der Waals surface area contributed by atoms with Crippen molar-refractivity contribution in [1.29, 1.82) is 0 Å². The van der Waals surface area contributed by atoms with Gasteiger partial charge in [-0.2, -0.15) is 0 Å². The highest BCUT2D eigenvalue weighted by Crippen LogP contribution is 2.34. The molecule has 0 radical (unpaired) electrons. The number of aromatic nitrogens is 2. The summed E-state index contributed by atoms with van der Waals surface area (Å²) in [5, 5.41) is 3.32. The number of piperazine rings is 1. The summed E-state index contributed by atoms with van der Waals surface area (Å²) in [6.07, 6.45) is 5.15. The molecule has 1 aliphatic carbocycles. The number of nitrogens with one attached hydrogen (secondary N) is 1. The zero-order valence-electron chi connectivity index (χ0n) is 24.7. The molecule has 0 bridgehead atoms. The Kier molecular flexibility index (Phi) is 9.24. The van der Waals surface area contributed by atoms with E-state index in [0.717, 1.165) is 49.9 Å². The smallest absolute Gasteiger partial charge is 0.329 e. The van der Waals surface area contributed by atoms with Crippen molar-refractivity contribution in [3.63, 3.8) is 0 Å². The number of hydrogen-bond donors (Lipinski definition) is 1. The molecule has 10 nitrogen and oxygen atoms in total. The number of benzene rings is 2. The van der Waals surface area contributed by atoms with Crippen molar-refractivity contribution in [3.05, 3.63) is 76.3 Å². The lowest BCUT2D eigenvalue weighted by Gasteiger charge is -2.28. The van der Waals surface area contributed by atoms with Gasteiger partial charge in [-0.25, -0.2) is 4.79 Å². The second kappa shape index (κ2) is 13.6. The number of carbonyl (C=O) groups is 2. The normalized spacial score (nSPS) is 18.0. The van der Waals surface area contributed by atoms with E-state index < -0.39 is 0 Å². The van der Waals surface area contributed by atoms with Gasteiger partial charge in [-0.3, -0.25) is 18.7 Å². The molecular weight excluding hydrogens is 546 g/mol. The molecule has 1 N–H and O–H groups in total. The lowest BCUT2D eigenvalue weighted by atomic mass is 9.94. The SMILES string of the molecule is O=C(COc1cccc(Cn2c(C(=O)N3CCNCC3)c(-c3ccccc3)n(C3CCCCC3)c2=O)c1)N1CCOCC1. The van der Waals surface area contributed by atoms with Crippen molar-refractivity contribution >= 4 is 11.8 Å². The highest BCUT2D eigenvalue weighted by molar-refractivity contribution is 5.99. The predicted molar refractivity (Wildman–Crippen MR) is 163 cm³/mol. The maximum Gasteiger partial charge on any atom is 0.329 e. The maximum atomic E-state index is 14.4. The van der Waals surface area contributed by atoms with E-state index in [1.807, 2.05) is 64.1 Å². The fraction of sp³-hybridized carbons (Fsp3) is 0.485. The van der Waals surface area contributed by atoms with Gasteiger partial charge in [0.25, 0.3) is 11.8 Å². The van der Waals surface area contributed by atoms with Crippen LogP contribution in [-0.4, -0.2) is 89.8 Å². The molecule has 1 aromatic heterocycles. The van der Waals surface area contributed by atoms with Crippen molar-refractivity contribution in [2.24, 2.45) is 0 Å². The molecule has 3 aromatic rings. The molecular formula is C33H41N5O5. The summed E-state index contributed by atoms with van der Waals surface area (Å²) in [5.74, 6) is 0.360. The Morgan fingerprint density at radius 3 is 2.37 bits per heavy atom. The highest BCUT2D eigenvalue weighted by atomic mass is 16.5. The van der Waals surface area contributed by atoms with Crippen LogP contribution in [0.2, 0.25) is 0 Å². The van der Waals surface area contributed by atoms with Crippen LogP contribution in [0.3, 0.4) is 0 Å². The second-order valence-corrected chi connectivity index (χ2v) is 11.6. The Morgan fingerprint density at radius 1 is 0.884 bits per heavy atom. The number of morpholine rings is 1. The van der Waals surface area contributed by atoms with Gasteiger partial charge in [-0.1, -0.05) is 61.7 Å². The van der Waals surface area contributed by atoms with Crippen molar-refractivity contribution in [2.75, 3.05) is 59.1 Å². The largest absolute Gasteiger partial charge is 0.484 e. The lowest BCUT2D eigenvalue weighted by Crippen LogP contribution is -2.47. The van der Waals surface area contributed by atoms with Crippen LogP contribution >= 0.6 is 0 Å². The number of ether oxygens (including phenoxy) is 2. The topological polar surface area (TPSA) is 98.0 Å². The molecule has 2 saturated heterocycles. The Labute approximate surface area is 252 Å². The van der Waals surface area contributed by atoms with Crippen molar-refractivity contribution in [2.45, 2.75) is 44.7 Å². The van der Waals surface area contributed by atoms with E-state index in [9.17, 15) is 14.4 Å². The minimum Gasteiger partial charge on any atom is -0.484 e. The van der Waals surface area contributed by atoms with Gasteiger partial charge in [0, 0.05) is 50.9 Å². The van der Waals surface area contributed by atoms with Crippen LogP contribution in [0.4, 0.5) is 0 Å². The number of carbonyl (C=O) groups excluding carboxylic acids is 2. The Bertz CT molecular complexity index is 1460. The van der Waals surface area contributed by atoms with Crippen molar-refractivity contribution < 1.29 is 19.1 Å². The molecule has 0 spiro atoms. The van der Waals surface area contributed by atoms with Crippen LogP contribution in [0.5, 0.6) is 5.75 Å². The van der Waals surface area contributed by atoms with Crippen molar-refractivity contribution in [1.82, 2.24) is 24.3 Å². The number of rotatable bonds is 8. The standard InChI is InChI=1S/C33H41N5O5/c39-29(35-18-20-42-21-19-35)24-43-28-13-7-8-25(22-28)23-37-31(32(40)36-16-14-34-15-17-36)30(26-9-3-1-4-10-26)38(33(37)41)27-11-5-2-6-12-27/h1,3-4,7-10,13,22,27,34H,2,5-6,11-12,14-21,23-24H2. The summed E-state index contributed by atoms with van der Waals surface area (Å²) in [6.45, 7) is 5.00. The van der Waals surface area contributed by atoms with E-state index >= 15 is 0 Å². The highest BCUT2D eigenvalue weighted by Gasteiger charge is 2.33. The molecule has 10 heteroatoms. The lowest BCUT2D eigenvalue weighted by molar-refractivity contribution is -0.137. The van der Waals surface area contributed by atoms with Crippen LogP contribution in [0, 0.1) is 0 Å². The van der Waals surface area contributed by atoms with Crippen LogP contribution in [-0.2, 0) is 16.1 Å². The maximum absolute atomic E-state index is 14.4. The van der Waals surface area contributed by atoms with E-state index in [4.69, 9.17) is 9.47 Å². The van der Waals surface area contributed by atoms with Gasteiger partial charge in [-0.15, -0.1) is 0 Å². The van der Waals surface area contributed by atoms with Crippen LogP contribution in [0.1, 0.15) is 54.2 Å². The van der Waals surface area contributed by atoms with Crippen LogP contribution in [0.25, 0.3) is 11.3 Å². The van der Waals surface area contributed by atoms with Gasteiger partial charge < -0.3 is 24.6 Å². The molecule has 2 aromatic carbocycles. The molecule has 43 heavy (non-hydrogen) atoms. The summed E-state index contributed by atoms with van der Waals surface area (Å²) in [4.78, 5) is 44.9. The zero-order chi connectivity index (χ0) is 29.6. The molecule has 3 fully saturated rings. The number of hydrogen-bond acceptors (Lipinski definition) is 6. The first-order valence-electron chi connectivity index (χ1n) is 15.6. The molecule has 0 unspecified atom stereocenters. The third-order valence-corrected chi connectivity index (χ3v) is 8.73. The van der Waals surface area contributed by atoms with Crippen LogP contribution in [0.15, 0.2) is 59.4 Å². The van der Waals surface area contributed by atoms with Gasteiger partial charge in [0.15, 0.2) is 6.61 Å². The Hall–Kier alpha value is -3.89. The first-order chi connectivity index (χ1) is 21.1. The van der Waals surface area contributed by atoms with Crippen LogP contribution < -0.4 is 15.7 Å². The Morgan fingerprint density at radius 2 is 1.63 bits per heavy atom. The van der Waals surface area contributed by atoms with Crippen molar-refractivity contribution in [3.8, 4) is 17.0 Å². The van der Waals surface area contributed by atoms with Gasteiger partial charge in [0.05, 0.1) is 25.5 Å². The molecule has 0 atom stereocenters. The summed E-state index contributed by atoms with van der Waals surface area (Å²) >= 11 is 0. The van der Waals surface area contributed by atoms with E-state index in [-0.39, 0.29) is 36.7 Å². The fourth-order valence-electron chi connectivity index (χ4n) is 6.46. The summed E-state index contributed by atoms with van der Waals surface area (Å²) in [5.41, 5.74) is 2.70. The molecule has 2 aliphatic heterocycles. The first kappa shape index (κ1) is 29.2. The summed E-state index contributed by atoms with van der Waals surface area (Å²) < 4.78 is 14.8. The summed E-state index contributed by atoms with van der Waals surface area (Å²) in [7, 11) is 0. The average Bonchev–Trinajstić information content (AvgIpc) is 3.36. The molecule has 3 heterocycles. The third-order valence-electron chi connectivity index (χ3n) is 8.73. The van der Waals surface area contributed by atoms with E-state index in [0.29, 0.717) is 56.5 Å².